The summed E-state index contributed by atoms with van der Waals surface area (Å²) in [7, 11) is 0. The lowest BCUT2D eigenvalue weighted by Crippen LogP contribution is -2.50. The van der Waals surface area contributed by atoms with Crippen LogP contribution in [0.15, 0.2) is 35.8 Å². The third-order valence-corrected chi connectivity index (χ3v) is 6.05. The first-order chi connectivity index (χ1) is 12.6. The fourth-order valence-corrected chi connectivity index (χ4v) is 4.46. The first kappa shape index (κ1) is 17.3. The summed E-state index contributed by atoms with van der Waals surface area (Å²) in [4.78, 5) is 35.3. The van der Waals surface area contributed by atoms with Crippen LogP contribution in [0.3, 0.4) is 0 Å². The number of halogens is 1. The highest BCUT2D eigenvalue weighted by molar-refractivity contribution is 7.13. The molecule has 2 aromatic rings. The maximum Gasteiger partial charge on any atom is 0.228 e. The zero-order chi connectivity index (χ0) is 18.1. The highest BCUT2D eigenvalue weighted by atomic mass is 35.5. The monoisotopic (exact) mass is 390 g/mol. The number of hydrogen-bond acceptors (Lipinski definition) is 5. The van der Waals surface area contributed by atoms with Crippen molar-refractivity contribution in [2.75, 3.05) is 42.5 Å². The van der Waals surface area contributed by atoms with Crippen molar-refractivity contribution in [3.8, 4) is 0 Å². The van der Waals surface area contributed by atoms with Crippen molar-refractivity contribution in [2.45, 2.75) is 6.42 Å². The third-order valence-electron chi connectivity index (χ3n) is 4.90. The highest BCUT2D eigenvalue weighted by Gasteiger charge is 2.38. The lowest BCUT2D eigenvalue weighted by molar-refractivity contribution is -0.136. The van der Waals surface area contributed by atoms with E-state index in [1.807, 2.05) is 28.5 Å². The molecule has 0 saturated carbocycles. The van der Waals surface area contributed by atoms with E-state index in [9.17, 15) is 9.59 Å². The molecule has 4 rings (SSSR count). The van der Waals surface area contributed by atoms with Gasteiger partial charge < -0.3 is 14.7 Å². The average molecular weight is 391 g/mol. The largest absolute Gasteiger partial charge is 0.345 e. The second-order valence-corrected chi connectivity index (χ2v) is 7.76. The molecule has 0 aliphatic carbocycles. The zero-order valence-electron chi connectivity index (χ0n) is 14.2. The van der Waals surface area contributed by atoms with E-state index in [0.717, 1.165) is 18.2 Å². The molecule has 2 fully saturated rings. The van der Waals surface area contributed by atoms with Gasteiger partial charge in [0.1, 0.15) is 0 Å². The van der Waals surface area contributed by atoms with E-state index in [4.69, 9.17) is 11.6 Å². The summed E-state index contributed by atoms with van der Waals surface area (Å²) in [6.07, 6.45) is 2.04. The summed E-state index contributed by atoms with van der Waals surface area (Å²) in [5.41, 5.74) is 0.683. The maximum atomic E-state index is 12.9. The van der Waals surface area contributed by atoms with Crippen molar-refractivity contribution >= 4 is 45.6 Å². The van der Waals surface area contributed by atoms with Crippen LogP contribution < -0.4 is 9.80 Å². The molecule has 2 saturated heterocycles. The first-order valence-electron chi connectivity index (χ1n) is 8.61. The molecule has 136 valence electrons. The Bertz CT molecular complexity index is 805. The van der Waals surface area contributed by atoms with Crippen molar-refractivity contribution < 1.29 is 9.59 Å². The SMILES string of the molecule is O=C(C1CC(=O)N(c2ccccc2Cl)C1)N1CCN(c2nccs2)CC1. The molecule has 3 heterocycles. The number of rotatable bonds is 3. The topological polar surface area (TPSA) is 56.8 Å². The summed E-state index contributed by atoms with van der Waals surface area (Å²) in [5, 5.41) is 3.49. The van der Waals surface area contributed by atoms with Gasteiger partial charge in [0, 0.05) is 50.7 Å². The molecular weight excluding hydrogens is 372 g/mol. The number of amides is 2. The zero-order valence-corrected chi connectivity index (χ0v) is 15.7. The van der Waals surface area contributed by atoms with Gasteiger partial charge in [-0.25, -0.2) is 4.98 Å². The van der Waals surface area contributed by atoms with Crippen LogP contribution in [0.1, 0.15) is 6.42 Å². The van der Waals surface area contributed by atoms with Gasteiger partial charge in [-0.1, -0.05) is 23.7 Å². The molecule has 0 bridgehead atoms. The molecule has 2 aliphatic rings. The van der Waals surface area contributed by atoms with E-state index in [2.05, 4.69) is 9.88 Å². The summed E-state index contributed by atoms with van der Waals surface area (Å²) < 4.78 is 0. The minimum absolute atomic E-state index is 0.0436. The van der Waals surface area contributed by atoms with Crippen molar-refractivity contribution in [2.24, 2.45) is 5.92 Å². The normalized spacial score (nSPS) is 20.7. The van der Waals surface area contributed by atoms with E-state index in [0.29, 0.717) is 30.3 Å². The van der Waals surface area contributed by atoms with Gasteiger partial charge in [0.05, 0.1) is 16.6 Å². The van der Waals surface area contributed by atoms with E-state index in [-0.39, 0.29) is 24.2 Å². The molecule has 2 aliphatic heterocycles. The Labute approximate surface area is 161 Å². The van der Waals surface area contributed by atoms with Crippen molar-refractivity contribution in [1.29, 1.82) is 0 Å². The Morgan fingerprint density at radius 2 is 1.96 bits per heavy atom. The molecule has 1 aromatic heterocycles. The molecular formula is C18H19ClN4O2S. The predicted molar refractivity (Wildman–Crippen MR) is 103 cm³/mol. The Kier molecular flexibility index (Phi) is 4.82. The lowest BCUT2D eigenvalue weighted by atomic mass is 10.1. The fourth-order valence-electron chi connectivity index (χ4n) is 3.52. The van der Waals surface area contributed by atoms with Gasteiger partial charge in [0.2, 0.25) is 11.8 Å². The molecule has 1 unspecified atom stereocenters. The number of carbonyl (C=O) groups is 2. The summed E-state index contributed by atoms with van der Waals surface area (Å²) in [5.74, 6) is -0.283. The molecule has 26 heavy (non-hydrogen) atoms. The number of nitrogens with zero attached hydrogens (tertiary/aromatic N) is 4. The molecule has 8 heteroatoms. The Hall–Kier alpha value is -2.12. The molecule has 0 spiro atoms. The van der Waals surface area contributed by atoms with Crippen LogP contribution in [0.2, 0.25) is 5.02 Å². The summed E-state index contributed by atoms with van der Waals surface area (Å²) in [6.45, 7) is 3.26. The molecule has 0 radical (unpaired) electrons. The lowest BCUT2D eigenvalue weighted by Gasteiger charge is -2.35. The van der Waals surface area contributed by atoms with Crippen LogP contribution in [0.25, 0.3) is 0 Å². The van der Waals surface area contributed by atoms with Crippen molar-refractivity contribution in [3.63, 3.8) is 0 Å². The van der Waals surface area contributed by atoms with Gasteiger partial charge >= 0.3 is 0 Å². The third kappa shape index (κ3) is 3.29. The van der Waals surface area contributed by atoms with Crippen LogP contribution in [-0.2, 0) is 9.59 Å². The average Bonchev–Trinajstić information content (AvgIpc) is 3.32. The minimum Gasteiger partial charge on any atom is -0.345 e. The number of aromatic nitrogens is 1. The summed E-state index contributed by atoms with van der Waals surface area (Å²) >= 11 is 7.82. The molecule has 1 atom stereocenters. The van der Waals surface area contributed by atoms with Crippen LogP contribution in [0, 0.1) is 5.92 Å². The molecule has 6 nitrogen and oxygen atoms in total. The standard InChI is InChI=1S/C18H19ClN4O2S/c19-14-3-1-2-4-15(14)23-12-13(11-16(23)24)17(25)21-6-8-22(9-7-21)18-20-5-10-26-18/h1-5,10,13H,6-9,11-12H2. The van der Waals surface area contributed by atoms with Crippen LogP contribution in [0.4, 0.5) is 10.8 Å². The number of para-hydroxylation sites is 1. The number of anilines is 2. The molecule has 1 aromatic carbocycles. The number of thiazole rings is 1. The van der Waals surface area contributed by atoms with E-state index < -0.39 is 0 Å². The molecule has 0 N–H and O–H groups in total. The van der Waals surface area contributed by atoms with Crippen LogP contribution in [-0.4, -0.2) is 54.4 Å². The number of carbonyl (C=O) groups excluding carboxylic acids is 2. The van der Waals surface area contributed by atoms with Crippen LogP contribution in [0.5, 0.6) is 0 Å². The first-order valence-corrected chi connectivity index (χ1v) is 9.87. The highest BCUT2D eigenvalue weighted by Crippen LogP contribution is 2.32. The second-order valence-electron chi connectivity index (χ2n) is 6.48. The number of benzene rings is 1. The van der Waals surface area contributed by atoms with Gasteiger partial charge in [-0.05, 0) is 12.1 Å². The quantitative estimate of drug-likeness (QED) is 0.808. The van der Waals surface area contributed by atoms with Gasteiger partial charge in [-0.15, -0.1) is 11.3 Å². The van der Waals surface area contributed by atoms with E-state index in [1.54, 1.807) is 28.5 Å². The van der Waals surface area contributed by atoms with Gasteiger partial charge in [-0.2, -0.15) is 0 Å². The second kappa shape index (κ2) is 7.25. The van der Waals surface area contributed by atoms with Gasteiger partial charge in [0.25, 0.3) is 0 Å². The van der Waals surface area contributed by atoms with Gasteiger partial charge in [0.15, 0.2) is 5.13 Å². The van der Waals surface area contributed by atoms with Gasteiger partial charge in [-0.3, -0.25) is 9.59 Å². The van der Waals surface area contributed by atoms with Crippen LogP contribution >= 0.6 is 22.9 Å². The van der Waals surface area contributed by atoms with Crippen molar-refractivity contribution in [3.05, 3.63) is 40.9 Å². The van der Waals surface area contributed by atoms with E-state index >= 15 is 0 Å². The van der Waals surface area contributed by atoms with Crippen molar-refractivity contribution in [1.82, 2.24) is 9.88 Å². The van der Waals surface area contributed by atoms with E-state index in [1.165, 1.54) is 0 Å². The fraction of sp³-hybridized carbons (Fsp3) is 0.389. The predicted octanol–water partition coefficient (Wildman–Crippen LogP) is 2.50. The molecule has 2 amide bonds. The Morgan fingerprint density at radius 1 is 1.19 bits per heavy atom. The Morgan fingerprint density at radius 3 is 2.65 bits per heavy atom. The number of piperazine rings is 1. The number of hydrogen-bond donors (Lipinski definition) is 0. The maximum absolute atomic E-state index is 12.9. The minimum atomic E-state index is -0.301. The summed E-state index contributed by atoms with van der Waals surface area (Å²) in [6, 6.07) is 7.26. The Balaban J connectivity index is 1.39. The smallest absolute Gasteiger partial charge is 0.228 e.